The zero-order valence-corrected chi connectivity index (χ0v) is 11.7. The molecule has 2 unspecified atom stereocenters. The van der Waals surface area contributed by atoms with E-state index in [1.807, 2.05) is 0 Å². The summed E-state index contributed by atoms with van der Waals surface area (Å²) in [6, 6.07) is 1.06. The lowest BCUT2D eigenvalue weighted by Crippen LogP contribution is -2.54. The molecule has 0 aliphatic carbocycles. The van der Waals surface area contributed by atoms with Crippen molar-refractivity contribution >= 4 is 0 Å². The van der Waals surface area contributed by atoms with Crippen molar-refractivity contribution in [2.75, 3.05) is 46.4 Å². The number of aliphatic hydroxyl groups is 1. The lowest BCUT2D eigenvalue weighted by Gasteiger charge is -2.40. The quantitative estimate of drug-likeness (QED) is 0.678. The van der Waals surface area contributed by atoms with Crippen LogP contribution in [0, 0.1) is 0 Å². The monoisotopic (exact) mass is 243 g/mol. The topological polar surface area (TPSA) is 38.7 Å². The van der Waals surface area contributed by atoms with Crippen molar-refractivity contribution < 1.29 is 5.11 Å². The van der Waals surface area contributed by atoms with Gasteiger partial charge in [-0.2, -0.15) is 0 Å². The molecule has 2 atom stereocenters. The second kappa shape index (κ2) is 8.03. The maximum absolute atomic E-state index is 9.11. The Kier molecular flexibility index (Phi) is 7.04. The van der Waals surface area contributed by atoms with E-state index >= 15 is 0 Å². The molecule has 0 saturated carbocycles. The average Bonchev–Trinajstić information content (AvgIpc) is 2.29. The molecular formula is C13H29N3O. The van der Waals surface area contributed by atoms with E-state index in [1.165, 1.54) is 0 Å². The maximum atomic E-state index is 9.11. The van der Waals surface area contributed by atoms with Gasteiger partial charge in [0.2, 0.25) is 0 Å². The molecule has 1 saturated heterocycles. The molecule has 2 N–H and O–H groups in total. The van der Waals surface area contributed by atoms with Gasteiger partial charge in [0, 0.05) is 44.9 Å². The van der Waals surface area contributed by atoms with Crippen LogP contribution < -0.4 is 5.32 Å². The fourth-order valence-corrected chi connectivity index (χ4v) is 2.49. The fourth-order valence-electron chi connectivity index (χ4n) is 2.49. The van der Waals surface area contributed by atoms with Crippen LogP contribution in [0.4, 0.5) is 0 Å². The lowest BCUT2D eigenvalue weighted by atomic mass is 10.1. The number of hydrogen-bond donors (Lipinski definition) is 2. The first-order valence-electron chi connectivity index (χ1n) is 6.94. The third-order valence-electron chi connectivity index (χ3n) is 3.58. The highest BCUT2D eigenvalue weighted by Crippen LogP contribution is 2.09. The molecule has 0 aromatic heterocycles. The highest BCUT2D eigenvalue weighted by molar-refractivity contribution is 4.81. The number of nitrogens with zero attached hydrogens (tertiary/aromatic N) is 2. The molecule has 0 radical (unpaired) electrons. The second-order valence-corrected chi connectivity index (χ2v) is 5.27. The summed E-state index contributed by atoms with van der Waals surface area (Å²) in [5.74, 6) is 0. The standard InChI is InChI=1S/C13H29N3O/c1-4-6-14-13(5-9-17)11-16-8-7-15(3)10-12(16)2/h12-14,17H,4-11H2,1-3H3. The van der Waals surface area contributed by atoms with Crippen molar-refractivity contribution in [3.63, 3.8) is 0 Å². The van der Waals surface area contributed by atoms with Gasteiger partial charge in [-0.3, -0.25) is 4.90 Å². The Balaban J connectivity index is 2.37. The van der Waals surface area contributed by atoms with Crippen LogP contribution in [0.25, 0.3) is 0 Å². The molecule has 1 heterocycles. The molecule has 0 aromatic rings. The van der Waals surface area contributed by atoms with Crippen molar-refractivity contribution in [3.8, 4) is 0 Å². The normalized spacial score (nSPS) is 25.1. The van der Waals surface area contributed by atoms with E-state index in [9.17, 15) is 0 Å². The van der Waals surface area contributed by atoms with Gasteiger partial charge >= 0.3 is 0 Å². The Morgan fingerprint density at radius 1 is 1.41 bits per heavy atom. The third kappa shape index (κ3) is 5.34. The molecular weight excluding hydrogens is 214 g/mol. The average molecular weight is 243 g/mol. The van der Waals surface area contributed by atoms with Gasteiger partial charge in [0.05, 0.1) is 0 Å². The predicted molar refractivity (Wildman–Crippen MR) is 72.3 cm³/mol. The predicted octanol–water partition coefficient (Wildman–Crippen LogP) is 0.373. The van der Waals surface area contributed by atoms with E-state index in [0.29, 0.717) is 12.1 Å². The van der Waals surface area contributed by atoms with Crippen LogP contribution in [0.1, 0.15) is 26.7 Å². The van der Waals surface area contributed by atoms with Crippen molar-refractivity contribution in [1.29, 1.82) is 0 Å². The van der Waals surface area contributed by atoms with E-state index in [1.54, 1.807) is 0 Å². The highest BCUT2D eigenvalue weighted by Gasteiger charge is 2.23. The van der Waals surface area contributed by atoms with Gasteiger partial charge in [-0.25, -0.2) is 0 Å². The van der Waals surface area contributed by atoms with Crippen molar-refractivity contribution in [3.05, 3.63) is 0 Å². The Hall–Kier alpha value is -0.160. The van der Waals surface area contributed by atoms with Gasteiger partial charge in [-0.05, 0) is 33.4 Å². The van der Waals surface area contributed by atoms with Crippen LogP contribution in [-0.4, -0.2) is 73.4 Å². The molecule has 17 heavy (non-hydrogen) atoms. The summed E-state index contributed by atoms with van der Waals surface area (Å²) >= 11 is 0. The first kappa shape index (κ1) is 14.9. The number of hydrogen-bond acceptors (Lipinski definition) is 4. The van der Waals surface area contributed by atoms with Crippen LogP contribution in [0.15, 0.2) is 0 Å². The summed E-state index contributed by atoms with van der Waals surface area (Å²) in [5.41, 5.74) is 0. The van der Waals surface area contributed by atoms with E-state index in [0.717, 1.165) is 45.6 Å². The van der Waals surface area contributed by atoms with Crippen molar-refractivity contribution in [1.82, 2.24) is 15.1 Å². The number of rotatable bonds is 7. The molecule has 4 heteroatoms. The van der Waals surface area contributed by atoms with Crippen LogP contribution in [0.2, 0.25) is 0 Å². The first-order valence-corrected chi connectivity index (χ1v) is 6.94. The summed E-state index contributed by atoms with van der Waals surface area (Å²) < 4.78 is 0. The van der Waals surface area contributed by atoms with Gasteiger partial charge in [-0.15, -0.1) is 0 Å². The van der Waals surface area contributed by atoms with Gasteiger partial charge in [0.25, 0.3) is 0 Å². The Morgan fingerprint density at radius 2 is 2.18 bits per heavy atom. The number of aliphatic hydroxyl groups excluding tert-OH is 1. The molecule has 1 aliphatic heterocycles. The van der Waals surface area contributed by atoms with E-state index < -0.39 is 0 Å². The minimum atomic E-state index is 0.281. The molecule has 0 bridgehead atoms. The summed E-state index contributed by atoms with van der Waals surface area (Å²) in [6.07, 6.45) is 2.01. The largest absolute Gasteiger partial charge is 0.396 e. The molecule has 1 fully saturated rings. The highest BCUT2D eigenvalue weighted by atomic mass is 16.3. The lowest BCUT2D eigenvalue weighted by molar-refractivity contribution is 0.0864. The molecule has 4 nitrogen and oxygen atoms in total. The van der Waals surface area contributed by atoms with Crippen LogP contribution >= 0.6 is 0 Å². The summed E-state index contributed by atoms with van der Waals surface area (Å²) in [4.78, 5) is 4.94. The molecule has 1 aliphatic rings. The number of likely N-dealkylation sites (N-methyl/N-ethyl adjacent to an activating group) is 1. The Labute approximate surface area is 106 Å². The minimum absolute atomic E-state index is 0.281. The summed E-state index contributed by atoms with van der Waals surface area (Å²) in [6.45, 7) is 10.3. The second-order valence-electron chi connectivity index (χ2n) is 5.27. The van der Waals surface area contributed by atoms with Crippen molar-refractivity contribution in [2.24, 2.45) is 0 Å². The molecule has 0 spiro atoms. The SMILES string of the molecule is CCCNC(CCO)CN1CCN(C)CC1C. The molecule has 0 amide bonds. The minimum Gasteiger partial charge on any atom is -0.396 e. The van der Waals surface area contributed by atoms with Gasteiger partial charge < -0.3 is 15.3 Å². The third-order valence-corrected chi connectivity index (χ3v) is 3.58. The maximum Gasteiger partial charge on any atom is 0.0446 e. The van der Waals surface area contributed by atoms with Gasteiger partial charge in [0.1, 0.15) is 0 Å². The smallest absolute Gasteiger partial charge is 0.0446 e. The van der Waals surface area contributed by atoms with Gasteiger partial charge in [-0.1, -0.05) is 6.92 Å². The summed E-state index contributed by atoms with van der Waals surface area (Å²) in [7, 11) is 2.19. The molecule has 0 aromatic carbocycles. The Bertz CT molecular complexity index is 201. The van der Waals surface area contributed by atoms with Crippen LogP contribution in [-0.2, 0) is 0 Å². The van der Waals surface area contributed by atoms with E-state index in [4.69, 9.17) is 5.11 Å². The number of nitrogens with one attached hydrogen (secondary N) is 1. The van der Waals surface area contributed by atoms with Gasteiger partial charge in [0.15, 0.2) is 0 Å². The number of piperazine rings is 1. The van der Waals surface area contributed by atoms with Crippen LogP contribution in [0.3, 0.4) is 0 Å². The fraction of sp³-hybridized carbons (Fsp3) is 1.00. The summed E-state index contributed by atoms with van der Waals surface area (Å²) in [5, 5.41) is 12.6. The first-order chi connectivity index (χ1) is 8.17. The molecule has 102 valence electrons. The van der Waals surface area contributed by atoms with Crippen molar-refractivity contribution in [2.45, 2.75) is 38.8 Å². The van der Waals surface area contributed by atoms with E-state index in [2.05, 4.69) is 36.0 Å². The molecule has 1 rings (SSSR count). The van der Waals surface area contributed by atoms with Crippen LogP contribution in [0.5, 0.6) is 0 Å². The zero-order valence-electron chi connectivity index (χ0n) is 11.7. The zero-order chi connectivity index (χ0) is 12.7. The Morgan fingerprint density at radius 3 is 2.76 bits per heavy atom. The van der Waals surface area contributed by atoms with E-state index in [-0.39, 0.29) is 6.61 Å².